The fourth-order valence-electron chi connectivity index (χ4n) is 2.52. The van der Waals surface area contributed by atoms with Crippen LogP contribution in [-0.4, -0.2) is 35.1 Å². The molecule has 0 aliphatic carbocycles. The van der Waals surface area contributed by atoms with Crippen LogP contribution in [0, 0.1) is 6.92 Å². The van der Waals surface area contributed by atoms with E-state index in [1.54, 1.807) is 56.5 Å². The first-order valence-corrected chi connectivity index (χ1v) is 9.39. The predicted octanol–water partition coefficient (Wildman–Crippen LogP) is 3.29. The molecule has 1 heterocycles. The Morgan fingerprint density at radius 2 is 2.00 bits per heavy atom. The molecule has 7 nitrogen and oxygen atoms in total. The summed E-state index contributed by atoms with van der Waals surface area (Å²) in [6, 6.07) is 12.3. The summed E-state index contributed by atoms with van der Waals surface area (Å²) in [4.78, 5) is 28.4. The van der Waals surface area contributed by atoms with Gasteiger partial charge in [-0.3, -0.25) is 4.79 Å². The standard InChI is InChI=1S/C20H18BrN3O4/c1-3-27-19(25)12-28-16-7-4-14(5-8-16)11-22-24-13(2)23-18-9-6-15(21)10-17(18)20(24)26/h4-11H,3,12H2,1-2H3. The first-order valence-electron chi connectivity index (χ1n) is 8.59. The van der Waals surface area contributed by atoms with E-state index in [0.29, 0.717) is 29.1 Å². The number of carbonyl (C=O) groups is 1. The van der Waals surface area contributed by atoms with Gasteiger partial charge >= 0.3 is 5.97 Å². The molecule has 0 N–H and O–H groups in total. The van der Waals surface area contributed by atoms with Crippen LogP contribution in [0.25, 0.3) is 10.9 Å². The Morgan fingerprint density at radius 3 is 2.71 bits per heavy atom. The lowest BCUT2D eigenvalue weighted by molar-refractivity contribution is -0.145. The Bertz CT molecular complexity index is 1090. The van der Waals surface area contributed by atoms with E-state index in [0.717, 1.165) is 10.0 Å². The van der Waals surface area contributed by atoms with Crippen molar-refractivity contribution in [1.29, 1.82) is 0 Å². The number of ether oxygens (including phenoxy) is 2. The van der Waals surface area contributed by atoms with E-state index in [-0.39, 0.29) is 12.2 Å². The van der Waals surface area contributed by atoms with E-state index in [2.05, 4.69) is 26.0 Å². The molecule has 0 radical (unpaired) electrons. The minimum atomic E-state index is -0.418. The third-order valence-electron chi connectivity index (χ3n) is 3.83. The molecule has 0 saturated carbocycles. The zero-order chi connectivity index (χ0) is 20.1. The van der Waals surface area contributed by atoms with E-state index in [1.165, 1.54) is 4.68 Å². The number of fused-ring (bicyclic) bond motifs is 1. The minimum Gasteiger partial charge on any atom is -0.482 e. The molecule has 3 rings (SSSR count). The molecule has 144 valence electrons. The molecule has 0 amide bonds. The second-order valence-corrected chi connectivity index (χ2v) is 6.76. The van der Waals surface area contributed by atoms with Gasteiger partial charge in [-0.15, -0.1) is 0 Å². The van der Waals surface area contributed by atoms with E-state index in [9.17, 15) is 9.59 Å². The van der Waals surface area contributed by atoms with Crippen molar-refractivity contribution in [2.45, 2.75) is 13.8 Å². The quantitative estimate of drug-likeness (QED) is 0.431. The predicted molar refractivity (Wildman–Crippen MR) is 110 cm³/mol. The second kappa shape index (κ2) is 8.79. The Hall–Kier alpha value is -3.00. The molecule has 28 heavy (non-hydrogen) atoms. The molecule has 0 unspecified atom stereocenters. The highest BCUT2D eigenvalue weighted by atomic mass is 79.9. The summed E-state index contributed by atoms with van der Waals surface area (Å²) in [6.07, 6.45) is 1.56. The van der Waals surface area contributed by atoms with Gasteiger partial charge in [0.2, 0.25) is 0 Å². The fourth-order valence-corrected chi connectivity index (χ4v) is 2.88. The topological polar surface area (TPSA) is 82.8 Å². The summed E-state index contributed by atoms with van der Waals surface area (Å²) in [5.41, 5.74) is 1.15. The van der Waals surface area contributed by atoms with Crippen molar-refractivity contribution in [3.63, 3.8) is 0 Å². The third-order valence-corrected chi connectivity index (χ3v) is 4.33. The Morgan fingerprint density at radius 1 is 1.25 bits per heavy atom. The zero-order valence-corrected chi connectivity index (χ0v) is 17.0. The number of rotatable bonds is 6. The molecule has 0 spiro atoms. The molecule has 0 aliphatic rings. The maximum Gasteiger partial charge on any atom is 0.344 e. The van der Waals surface area contributed by atoms with Crippen LogP contribution in [0.5, 0.6) is 5.75 Å². The van der Waals surface area contributed by atoms with E-state index >= 15 is 0 Å². The van der Waals surface area contributed by atoms with Crippen molar-refractivity contribution in [3.8, 4) is 5.75 Å². The minimum absolute atomic E-state index is 0.145. The lowest BCUT2D eigenvalue weighted by atomic mass is 10.2. The summed E-state index contributed by atoms with van der Waals surface area (Å²) in [5.74, 6) is 0.611. The lowest BCUT2D eigenvalue weighted by Gasteiger charge is -2.06. The molecule has 0 fully saturated rings. The van der Waals surface area contributed by atoms with E-state index < -0.39 is 5.97 Å². The summed E-state index contributed by atoms with van der Waals surface area (Å²) >= 11 is 3.37. The molecule has 3 aromatic rings. The van der Waals surface area contributed by atoms with Gasteiger partial charge in [0.05, 0.1) is 23.7 Å². The van der Waals surface area contributed by atoms with Gasteiger partial charge in [0.15, 0.2) is 6.61 Å². The van der Waals surface area contributed by atoms with Crippen molar-refractivity contribution in [2.24, 2.45) is 5.10 Å². The number of benzene rings is 2. The number of aryl methyl sites for hydroxylation is 1. The number of hydrogen-bond acceptors (Lipinski definition) is 6. The SMILES string of the molecule is CCOC(=O)COc1ccc(C=Nn2c(C)nc3ccc(Br)cc3c2=O)cc1. The van der Waals surface area contributed by atoms with Gasteiger partial charge < -0.3 is 9.47 Å². The van der Waals surface area contributed by atoms with Crippen LogP contribution < -0.4 is 10.3 Å². The van der Waals surface area contributed by atoms with E-state index in [4.69, 9.17) is 9.47 Å². The van der Waals surface area contributed by atoms with Crippen LogP contribution in [0.3, 0.4) is 0 Å². The highest BCUT2D eigenvalue weighted by Gasteiger charge is 2.08. The lowest BCUT2D eigenvalue weighted by Crippen LogP contribution is -2.20. The van der Waals surface area contributed by atoms with Crippen LogP contribution in [0.1, 0.15) is 18.3 Å². The molecule has 1 aromatic heterocycles. The van der Waals surface area contributed by atoms with E-state index in [1.807, 2.05) is 6.07 Å². The highest BCUT2D eigenvalue weighted by molar-refractivity contribution is 9.10. The van der Waals surface area contributed by atoms with Gasteiger partial charge in [-0.1, -0.05) is 15.9 Å². The van der Waals surface area contributed by atoms with Crippen LogP contribution in [0.2, 0.25) is 0 Å². The second-order valence-electron chi connectivity index (χ2n) is 5.84. The molecule has 0 atom stereocenters. The normalized spacial score (nSPS) is 11.1. The Kier molecular flexibility index (Phi) is 6.20. The molecule has 0 bridgehead atoms. The fraction of sp³-hybridized carbons (Fsp3) is 0.200. The van der Waals surface area contributed by atoms with Crippen molar-refractivity contribution in [2.75, 3.05) is 13.2 Å². The molecule has 0 aliphatic heterocycles. The molecule has 0 saturated heterocycles. The Labute approximate surface area is 169 Å². The van der Waals surface area contributed by atoms with Gasteiger partial charge in [-0.2, -0.15) is 9.78 Å². The number of halogens is 1. The van der Waals surface area contributed by atoms with Gasteiger partial charge in [0, 0.05) is 4.47 Å². The van der Waals surface area contributed by atoms with Crippen molar-refractivity contribution in [1.82, 2.24) is 9.66 Å². The largest absolute Gasteiger partial charge is 0.482 e. The number of nitrogens with zero attached hydrogens (tertiary/aromatic N) is 3. The summed E-state index contributed by atoms with van der Waals surface area (Å²) in [7, 11) is 0. The van der Waals surface area contributed by atoms with Gasteiger partial charge in [-0.25, -0.2) is 9.78 Å². The first-order chi connectivity index (χ1) is 13.5. The van der Waals surface area contributed by atoms with Crippen LogP contribution in [0.15, 0.2) is 56.8 Å². The number of carbonyl (C=O) groups excluding carboxylic acids is 1. The van der Waals surface area contributed by atoms with Gasteiger partial charge in [0.25, 0.3) is 5.56 Å². The van der Waals surface area contributed by atoms with Crippen molar-refractivity contribution >= 4 is 39.0 Å². The molecule has 8 heteroatoms. The monoisotopic (exact) mass is 443 g/mol. The Balaban J connectivity index is 1.78. The maximum atomic E-state index is 12.7. The summed E-state index contributed by atoms with van der Waals surface area (Å²) < 4.78 is 12.2. The van der Waals surface area contributed by atoms with Gasteiger partial charge in [0.1, 0.15) is 11.6 Å². The van der Waals surface area contributed by atoms with Crippen LogP contribution in [0.4, 0.5) is 0 Å². The first kappa shape index (κ1) is 19.8. The molecular weight excluding hydrogens is 426 g/mol. The molecule has 2 aromatic carbocycles. The highest BCUT2D eigenvalue weighted by Crippen LogP contribution is 2.16. The smallest absolute Gasteiger partial charge is 0.344 e. The number of hydrogen-bond donors (Lipinski definition) is 0. The summed E-state index contributed by atoms with van der Waals surface area (Å²) in [5, 5.41) is 4.76. The zero-order valence-electron chi connectivity index (χ0n) is 15.4. The van der Waals surface area contributed by atoms with Crippen molar-refractivity contribution < 1.29 is 14.3 Å². The number of aromatic nitrogens is 2. The third kappa shape index (κ3) is 4.64. The molecular formula is C20H18BrN3O4. The average molecular weight is 444 g/mol. The number of esters is 1. The average Bonchev–Trinajstić information content (AvgIpc) is 2.68. The van der Waals surface area contributed by atoms with Crippen LogP contribution >= 0.6 is 15.9 Å². The van der Waals surface area contributed by atoms with Crippen molar-refractivity contribution in [3.05, 3.63) is 68.7 Å². The maximum absolute atomic E-state index is 12.7. The summed E-state index contributed by atoms with van der Waals surface area (Å²) in [6.45, 7) is 3.64. The van der Waals surface area contributed by atoms with Crippen LogP contribution in [-0.2, 0) is 9.53 Å². The van der Waals surface area contributed by atoms with Gasteiger partial charge in [-0.05, 0) is 61.9 Å².